The molecule has 2 heterocycles. The van der Waals surface area contributed by atoms with E-state index in [2.05, 4.69) is 64.1 Å². The number of hydrogen-bond donors (Lipinski definition) is 1. The Morgan fingerprint density at radius 1 is 0.973 bits per heavy atom. The molecule has 1 aliphatic carbocycles. The van der Waals surface area contributed by atoms with Crippen LogP contribution in [0.2, 0.25) is 0 Å². The second-order valence-electron chi connectivity index (χ2n) is 10.4. The highest BCUT2D eigenvalue weighted by Gasteiger charge is 2.17. The van der Waals surface area contributed by atoms with Gasteiger partial charge in [0.2, 0.25) is 5.82 Å². The molecule has 37 heavy (non-hydrogen) atoms. The third kappa shape index (κ3) is 6.09. The minimum Gasteiger partial charge on any atom is -0.299 e. The monoisotopic (exact) mass is 498 g/mol. The van der Waals surface area contributed by atoms with E-state index in [1.54, 1.807) is 0 Å². The lowest BCUT2D eigenvalue weighted by atomic mass is 9.87. The highest BCUT2D eigenvalue weighted by molar-refractivity contribution is 5.80. The molecule has 7 nitrogen and oxygen atoms in total. The van der Waals surface area contributed by atoms with Gasteiger partial charge in [-0.1, -0.05) is 100 Å². The Morgan fingerprint density at radius 2 is 1.76 bits per heavy atom. The van der Waals surface area contributed by atoms with Gasteiger partial charge in [-0.2, -0.15) is 5.21 Å². The molecule has 1 N–H and O–H groups in total. The summed E-state index contributed by atoms with van der Waals surface area (Å²) in [6, 6.07) is 16.6. The van der Waals surface area contributed by atoms with Crippen molar-refractivity contribution in [2.45, 2.75) is 84.2 Å². The van der Waals surface area contributed by atoms with Crippen LogP contribution < -0.4 is 5.69 Å². The van der Waals surface area contributed by atoms with Gasteiger partial charge in [-0.25, -0.2) is 4.79 Å². The molecule has 0 aliphatic heterocycles. The highest BCUT2D eigenvalue weighted by atomic mass is 16.1. The van der Waals surface area contributed by atoms with Gasteiger partial charge in [-0.15, -0.1) is 10.2 Å². The van der Waals surface area contributed by atoms with Crippen molar-refractivity contribution in [2.24, 2.45) is 5.92 Å². The summed E-state index contributed by atoms with van der Waals surface area (Å²) in [7, 11) is 0. The quantitative estimate of drug-likeness (QED) is 0.248. The molecule has 194 valence electrons. The number of benzene rings is 2. The lowest BCUT2D eigenvalue weighted by Crippen LogP contribution is -2.26. The second kappa shape index (κ2) is 12.2. The fraction of sp³-hybridized carbons (Fsp3) is 0.467. The number of nitrogens with zero attached hydrogens (tertiary/aromatic N) is 5. The van der Waals surface area contributed by atoms with Crippen LogP contribution in [0.4, 0.5) is 0 Å². The minimum absolute atomic E-state index is 0.133. The van der Waals surface area contributed by atoms with E-state index in [1.165, 1.54) is 44.9 Å². The topological polar surface area (TPSA) is 81.4 Å². The van der Waals surface area contributed by atoms with Crippen LogP contribution in [0.3, 0.4) is 0 Å². The maximum absolute atomic E-state index is 13.5. The fourth-order valence-electron chi connectivity index (χ4n) is 5.64. The van der Waals surface area contributed by atoms with Crippen LogP contribution in [-0.4, -0.2) is 29.8 Å². The number of rotatable bonds is 11. The Bertz CT molecular complexity index is 1310. The van der Waals surface area contributed by atoms with Crippen molar-refractivity contribution in [1.82, 2.24) is 29.8 Å². The predicted molar refractivity (Wildman–Crippen MR) is 147 cm³/mol. The minimum atomic E-state index is 0.133. The van der Waals surface area contributed by atoms with Crippen LogP contribution in [0.1, 0.15) is 76.0 Å². The molecule has 7 heteroatoms. The molecule has 0 bridgehead atoms. The van der Waals surface area contributed by atoms with Crippen LogP contribution >= 0.6 is 0 Å². The molecular formula is C30H38N6O. The van der Waals surface area contributed by atoms with Gasteiger partial charge in [-0.05, 0) is 47.1 Å². The molecule has 1 fully saturated rings. The molecule has 2 aromatic carbocycles. The summed E-state index contributed by atoms with van der Waals surface area (Å²) in [4.78, 5) is 13.5. The van der Waals surface area contributed by atoms with Crippen LogP contribution in [-0.2, 0) is 19.5 Å². The molecule has 0 radical (unpaired) electrons. The summed E-state index contributed by atoms with van der Waals surface area (Å²) < 4.78 is 3.98. The van der Waals surface area contributed by atoms with Crippen molar-refractivity contribution in [3.05, 3.63) is 76.5 Å². The van der Waals surface area contributed by atoms with Gasteiger partial charge in [0.25, 0.3) is 0 Å². The van der Waals surface area contributed by atoms with Gasteiger partial charge >= 0.3 is 5.69 Å². The van der Waals surface area contributed by atoms with E-state index in [0.29, 0.717) is 12.4 Å². The van der Waals surface area contributed by atoms with Gasteiger partial charge in [0.05, 0.1) is 6.54 Å². The van der Waals surface area contributed by atoms with Crippen LogP contribution in [0.15, 0.2) is 59.5 Å². The molecule has 0 saturated heterocycles. The number of aromatic amines is 1. The van der Waals surface area contributed by atoms with Crippen LogP contribution in [0.25, 0.3) is 22.5 Å². The van der Waals surface area contributed by atoms with Crippen molar-refractivity contribution >= 4 is 0 Å². The Morgan fingerprint density at radius 3 is 2.49 bits per heavy atom. The SMILES string of the molecule is CCCCCc1cn(CCC2CCCCC2)c(=O)n1Cc1ccc(-c2ccccc2-c2nn[nH]n2)cc1. The molecule has 0 spiro atoms. The highest BCUT2D eigenvalue weighted by Crippen LogP contribution is 2.30. The average molecular weight is 499 g/mol. The zero-order valence-electron chi connectivity index (χ0n) is 21.9. The number of H-pyrrole nitrogens is 1. The van der Waals surface area contributed by atoms with Gasteiger partial charge in [0.1, 0.15) is 0 Å². The first-order valence-corrected chi connectivity index (χ1v) is 13.9. The lowest BCUT2D eigenvalue weighted by Gasteiger charge is -2.21. The molecule has 1 aliphatic rings. The number of tetrazole rings is 1. The Labute approximate surface area is 218 Å². The third-order valence-corrected chi connectivity index (χ3v) is 7.79. The first-order valence-electron chi connectivity index (χ1n) is 13.9. The predicted octanol–water partition coefficient (Wildman–Crippen LogP) is 6.25. The van der Waals surface area contributed by atoms with Crippen LogP contribution in [0, 0.1) is 5.92 Å². The zero-order chi connectivity index (χ0) is 25.5. The van der Waals surface area contributed by atoms with E-state index in [-0.39, 0.29) is 5.69 Å². The van der Waals surface area contributed by atoms with Crippen molar-refractivity contribution < 1.29 is 0 Å². The molecule has 5 rings (SSSR count). The van der Waals surface area contributed by atoms with E-state index >= 15 is 0 Å². The standard InChI is InChI=1S/C30H38N6O/c1-2-3-5-12-26-22-35(20-19-23-10-6-4-7-11-23)30(37)36(26)21-24-15-17-25(18-16-24)27-13-8-9-14-28(27)29-31-33-34-32-29/h8-9,13-18,22-23H,2-7,10-12,19-21H2,1H3,(H,31,32,33,34). The number of hydrogen-bond acceptors (Lipinski definition) is 4. The van der Waals surface area contributed by atoms with Crippen molar-refractivity contribution in [2.75, 3.05) is 0 Å². The number of unbranched alkanes of at least 4 members (excludes halogenated alkanes) is 2. The largest absolute Gasteiger partial charge is 0.328 e. The number of aromatic nitrogens is 6. The molecule has 0 atom stereocenters. The Balaban J connectivity index is 1.35. The lowest BCUT2D eigenvalue weighted by molar-refractivity contribution is 0.322. The number of nitrogens with one attached hydrogen (secondary N) is 1. The second-order valence-corrected chi connectivity index (χ2v) is 10.4. The Kier molecular flexibility index (Phi) is 8.28. The normalized spacial score (nSPS) is 14.3. The van der Waals surface area contributed by atoms with Crippen molar-refractivity contribution in [1.29, 1.82) is 0 Å². The Hall–Kier alpha value is -3.48. The molecule has 2 aromatic heterocycles. The van der Waals surface area contributed by atoms with E-state index in [0.717, 1.165) is 59.7 Å². The summed E-state index contributed by atoms with van der Waals surface area (Å²) in [5, 5.41) is 14.6. The number of aryl methyl sites for hydroxylation is 2. The van der Waals surface area contributed by atoms with E-state index in [9.17, 15) is 4.79 Å². The maximum atomic E-state index is 13.5. The zero-order valence-corrected chi connectivity index (χ0v) is 21.9. The summed E-state index contributed by atoms with van der Waals surface area (Å²) in [6.45, 7) is 3.66. The molecule has 0 amide bonds. The van der Waals surface area contributed by atoms with Crippen molar-refractivity contribution in [3.8, 4) is 22.5 Å². The van der Waals surface area contributed by atoms with Gasteiger partial charge in [0.15, 0.2) is 0 Å². The van der Waals surface area contributed by atoms with E-state index < -0.39 is 0 Å². The van der Waals surface area contributed by atoms with Gasteiger partial charge < -0.3 is 0 Å². The number of imidazole rings is 1. The summed E-state index contributed by atoms with van der Waals surface area (Å²) >= 11 is 0. The smallest absolute Gasteiger partial charge is 0.299 e. The first-order chi connectivity index (χ1) is 18.2. The first kappa shape index (κ1) is 25.2. The van der Waals surface area contributed by atoms with E-state index in [4.69, 9.17) is 0 Å². The van der Waals surface area contributed by atoms with E-state index in [1.807, 2.05) is 27.3 Å². The fourth-order valence-corrected chi connectivity index (χ4v) is 5.64. The van der Waals surface area contributed by atoms with Gasteiger partial charge in [-0.3, -0.25) is 9.13 Å². The third-order valence-electron chi connectivity index (χ3n) is 7.79. The molecule has 0 unspecified atom stereocenters. The molecular weight excluding hydrogens is 460 g/mol. The summed E-state index contributed by atoms with van der Waals surface area (Å²) in [5.41, 5.74) is 5.51. The van der Waals surface area contributed by atoms with Crippen molar-refractivity contribution in [3.63, 3.8) is 0 Å². The maximum Gasteiger partial charge on any atom is 0.328 e. The van der Waals surface area contributed by atoms with Gasteiger partial charge in [0, 0.05) is 24.0 Å². The molecule has 4 aromatic rings. The average Bonchev–Trinajstić information content (AvgIpc) is 3.58. The van der Waals surface area contributed by atoms with Crippen LogP contribution in [0.5, 0.6) is 0 Å². The molecule has 1 saturated carbocycles. The summed E-state index contributed by atoms with van der Waals surface area (Å²) in [5.74, 6) is 1.35. The summed E-state index contributed by atoms with van der Waals surface area (Å²) in [6.07, 6.45) is 14.4.